The summed E-state index contributed by atoms with van der Waals surface area (Å²) in [6.45, 7) is 4.25. The molecule has 1 N–H and O–H groups in total. The number of likely N-dealkylation sites (N-methyl/N-ethyl adjacent to an activating group) is 1. The van der Waals surface area contributed by atoms with Gasteiger partial charge >= 0.3 is 0 Å². The Bertz CT molecular complexity index is 326. The van der Waals surface area contributed by atoms with Crippen molar-refractivity contribution in [3.63, 3.8) is 0 Å². The van der Waals surface area contributed by atoms with Crippen molar-refractivity contribution in [3.8, 4) is 0 Å². The molecule has 88 valence electrons. The van der Waals surface area contributed by atoms with Gasteiger partial charge in [-0.2, -0.15) is 0 Å². The van der Waals surface area contributed by atoms with E-state index in [-0.39, 0.29) is 0 Å². The first kappa shape index (κ1) is 11.3. The first-order valence-electron chi connectivity index (χ1n) is 5.69. The van der Waals surface area contributed by atoms with Gasteiger partial charge in [0.15, 0.2) is 0 Å². The van der Waals surface area contributed by atoms with E-state index in [0.29, 0.717) is 0 Å². The zero-order chi connectivity index (χ0) is 11.2. The van der Waals surface area contributed by atoms with Crippen LogP contribution < -0.4 is 10.2 Å². The second kappa shape index (κ2) is 5.77. The van der Waals surface area contributed by atoms with Crippen LogP contribution in [0.25, 0.3) is 0 Å². The highest BCUT2D eigenvalue weighted by molar-refractivity contribution is 5.30. The van der Waals surface area contributed by atoms with Gasteiger partial charge in [-0.15, -0.1) is 0 Å². The fourth-order valence-corrected chi connectivity index (χ4v) is 1.69. The van der Waals surface area contributed by atoms with Crippen LogP contribution in [0.15, 0.2) is 12.3 Å². The van der Waals surface area contributed by atoms with Gasteiger partial charge in [-0.25, -0.2) is 9.97 Å². The Morgan fingerprint density at radius 1 is 1.44 bits per heavy atom. The van der Waals surface area contributed by atoms with Crippen molar-refractivity contribution in [1.82, 2.24) is 15.3 Å². The average Bonchev–Trinajstić information content (AvgIpc) is 2.38. The van der Waals surface area contributed by atoms with Gasteiger partial charge in [0.2, 0.25) is 5.95 Å². The highest BCUT2D eigenvalue weighted by Crippen LogP contribution is 2.09. The van der Waals surface area contributed by atoms with E-state index in [4.69, 9.17) is 4.74 Å². The van der Waals surface area contributed by atoms with Crippen molar-refractivity contribution in [2.24, 2.45) is 0 Å². The molecule has 16 heavy (non-hydrogen) atoms. The Morgan fingerprint density at radius 3 is 3.00 bits per heavy atom. The molecule has 2 rings (SSSR count). The Morgan fingerprint density at radius 2 is 2.25 bits per heavy atom. The molecule has 1 aliphatic rings. The molecule has 1 aromatic heterocycles. The minimum absolute atomic E-state index is 0.768. The van der Waals surface area contributed by atoms with Crippen LogP contribution in [0.3, 0.4) is 0 Å². The number of nitrogens with zero attached hydrogens (tertiary/aromatic N) is 3. The smallest absolute Gasteiger partial charge is 0.225 e. The van der Waals surface area contributed by atoms with Gasteiger partial charge in [0.05, 0.1) is 13.2 Å². The van der Waals surface area contributed by atoms with Crippen molar-refractivity contribution < 1.29 is 4.74 Å². The van der Waals surface area contributed by atoms with Crippen molar-refractivity contribution in [2.45, 2.75) is 6.42 Å². The fraction of sp³-hybridized carbons (Fsp3) is 0.636. The van der Waals surface area contributed by atoms with Gasteiger partial charge in [0, 0.05) is 37.9 Å². The van der Waals surface area contributed by atoms with Crippen molar-refractivity contribution in [2.75, 3.05) is 44.8 Å². The monoisotopic (exact) mass is 222 g/mol. The normalized spacial score (nSPS) is 16.4. The first-order valence-corrected chi connectivity index (χ1v) is 5.69. The van der Waals surface area contributed by atoms with Gasteiger partial charge in [0.25, 0.3) is 0 Å². The van der Waals surface area contributed by atoms with Crippen LogP contribution in [0.1, 0.15) is 5.69 Å². The first-order chi connectivity index (χ1) is 7.90. The van der Waals surface area contributed by atoms with Crippen LogP contribution in [0, 0.1) is 0 Å². The van der Waals surface area contributed by atoms with E-state index in [9.17, 15) is 0 Å². The van der Waals surface area contributed by atoms with E-state index < -0.39 is 0 Å². The maximum absolute atomic E-state index is 5.31. The quantitative estimate of drug-likeness (QED) is 0.781. The second-order valence-corrected chi connectivity index (χ2v) is 3.80. The Kier molecular flexibility index (Phi) is 4.07. The molecule has 0 radical (unpaired) electrons. The van der Waals surface area contributed by atoms with Crippen molar-refractivity contribution in [3.05, 3.63) is 18.0 Å². The van der Waals surface area contributed by atoms with Gasteiger partial charge < -0.3 is 15.0 Å². The summed E-state index contributed by atoms with van der Waals surface area (Å²) in [5.74, 6) is 0.830. The standard InChI is InChI=1S/C11H18N4O/c1-12-4-2-10-3-5-13-11(14-10)15-6-8-16-9-7-15/h3,5,12H,2,4,6-9H2,1H3. The number of aromatic nitrogens is 2. The van der Waals surface area contributed by atoms with Gasteiger partial charge in [-0.1, -0.05) is 0 Å². The molecule has 1 saturated heterocycles. The number of rotatable bonds is 4. The van der Waals surface area contributed by atoms with Gasteiger partial charge in [-0.05, 0) is 13.1 Å². The lowest BCUT2D eigenvalue weighted by atomic mass is 10.3. The van der Waals surface area contributed by atoms with Crippen LogP contribution in [0.5, 0.6) is 0 Å². The van der Waals surface area contributed by atoms with Crippen LogP contribution in [-0.2, 0) is 11.2 Å². The molecule has 0 atom stereocenters. The number of nitrogens with one attached hydrogen (secondary N) is 1. The highest BCUT2D eigenvalue weighted by atomic mass is 16.5. The van der Waals surface area contributed by atoms with Gasteiger partial charge in [0.1, 0.15) is 0 Å². The number of hydrogen-bond acceptors (Lipinski definition) is 5. The molecule has 5 heteroatoms. The second-order valence-electron chi connectivity index (χ2n) is 3.80. The molecule has 5 nitrogen and oxygen atoms in total. The SMILES string of the molecule is CNCCc1ccnc(N2CCOCC2)n1. The molecule has 0 unspecified atom stereocenters. The minimum Gasteiger partial charge on any atom is -0.378 e. The topological polar surface area (TPSA) is 50.3 Å². The zero-order valence-corrected chi connectivity index (χ0v) is 9.65. The molecule has 0 bridgehead atoms. The van der Waals surface area contributed by atoms with Crippen LogP contribution in [0.4, 0.5) is 5.95 Å². The molecule has 1 aliphatic heterocycles. The number of anilines is 1. The molecule has 0 amide bonds. The summed E-state index contributed by atoms with van der Waals surface area (Å²) in [4.78, 5) is 11.0. The molecule has 2 heterocycles. The molecular weight excluding hydrogens is 204 g/mol. The van der Waals surface area contributed by atoms with Crippen LogP contribution >= 0.6 is 0 Å². The molecule has 0 spiro atoms. The summed E-state index contributed by atoms with van der Waals surface area (Å²) in [5, 5.41) is 3.12. The summed E-state index contributed by atoms with van der Waals surface area (Å²) in [6, 6.07) is 1.97. The van der Waals surface area contributed by atoms with E-state index in [1.165, 1.54) is 0 Å². The molecule has 0 aromatic carbocycles. The predicted molar refractivity (Wildman–Crippen MR) is 62.7 cm³/mol. The van der Waals surface area contributed by atoms with Crippen molar-refractivity contribution in [1.29, 1.82) is 0 Å². The summed E-state index contributed by atoms with van der Waals surface area (Å²) < 4.78 is 5.31. The van der Waals surface area contributed by atoms with Crippen LogP contribution in [-0.4, -0.2) is 49.9 Å². The largest absolute Gasteiger partial charge is 0.378 e. The lowest BCUT2D eigenvalue weighted by Crippen LogP contribution is -2.37. The maximum Gasteiger partial charge on any atom is 0.225 e. The molecule has 0 saturated carbocycles. The third kappa shape index (κ3) is 2.90. The van der Waals surface area contributed by atoms with E-state index in [1.807, 2.05) is 19.3 Å². The third-order valence-electron chi connectivity index (χ3n) is 2.63. The predicted octanol–water partition coefficient (Wildman–Crippen LogP) is 0.0751. The molecule has 1 fully saturated rings. The van der Waals surface area contributed by atoms with E-state index >= 15 is 0 Å². The zero-order valence-electron chi connectivity index (χ0n) is 9.65. The minimum atomic E-state index is 0.768. The maximum atomic E-state index is 5.31. The summed E-state index contributed by atoms with van der Waals surface area (Å²) in [7, 11) is 1.95. The lowest BCUT2D eigenvalue weighted by Gasteiger charge is -2.26. The average molecular weight is 222 g/mol. The number of ether oxygens (including phenoxy) is 1. The summed E-state index contributed by atoms with van der Waals surface area (Å²) in [5.41, 5.74) is 1.09. The summed E-state index contributed by atoms with van der Waals surface area (Å²) in [6.07, 6.45) is 2.78. The molecular formula is C11H18N4O. The molecule has 1 aromatic rings. The lowest BCUT2D eigenvalue weighted by molar-refractivity contribution is 0.122. The van der Waals surface area contributed by atoms with Crippen LogP contribution in [0.2, 0.25) is 0 Å². The Labute approximate surface area is 95.8 Å². The fourth-order valence-electron chi connectivity index (χ4n) is 1.69. The van der Waals surface area contributed by atoms with E-state index in [2.05, 4.69) is 20.2 Å². The highest BCUT2D eigenvalue weighted by Gasteiger charge is 2.13. The number of hydrogen-bond donors (Lipinski definition) is 1. The van der Waals surface area contributed by atoms with E-state index in [0.717, 1.165) is 50.9 Å². The van der Waals surface area contributed by atoms with E-state index in [1.54, 1.807) is 0 Å². The Balaban J connectivity index is 2.02. The third-order valence-corrected chi connectivity index (χ3v) is 2.63. The van der Waals surface area contributed by atoms with Crippen molar-refractivity contribution >= 4 is 5.95 Å². The Hall–Kier alpha value is -1.20. The van der Waals surface area contributed by atoms with Gasteiger partial charge in [-0.3, -0.25) is 0 Å². The number of morpholine rings is 1. The summed E-state index contributed by atoms with van der Waals surface area (Å²) >= 11 is 0. The molecule has 0 aliphatic carbocycles.